The maximum absolute atomic E-state index is 3.54. The highest BCUT2D eigenvalue weighted by Crippen LogP contribution is 2.09. The van der Waals surface area contributed by atoms with E-state index in [1.807, 2.05) is 0 Å². The summed E-state index contributed by atoms with van der Waals surface area (Å²) in [4.78, 5) is 2.55. The molecule has 0 amide bonds. The monoisotopic (exact) mass is 214 g/mol. The smallest absolute Gasteiger partial charge is 0.0252 e. The maximum atomic E-state index is 3.54. The second-order valence-corrected chi connectivity index (χ2v) is 5.26. The lowest BCUT2D eigenvalue weighted by Crippen LogP contribution is -2.49. The van der Waals surface area contributed by atoms with E-state index >= 15 is 0 Å². The van der Waals surface area contributed by atoms with E-state index in [4.69, 9.17) is 0 Å². The van der Waals surface area contributed by atoms with Crippen LogP contribution in [-0.4, -0.2) is 36.6 Å². The Morgan fingerprint density at radius 3 is 2.20 bits per heavy atom. The van der Waals surface area contributed by atoms with Crippen LogP contribution in [0.5, 0.6) is 0 Å². The summed E-state index contributed by atoms with van der Waals surface area (Å²) in [7, 11) is 0. The summed E-state index contributed by atoms with van der Waals surface area (Å²) >= 11 is 0. The molecule has 0 aliphatic rings. The van der Waals surface area contributed by atoms with Crippen LogP contribution < -0.4 is 5.32 Å². The molecule has 0 aromatic heterocycles. The summed E-state index contributed by atoms with van der Waals surface area (Å²) in [6.07, 6.45) is 1.28. The van der Waals surface area contributed by atoms with Gasteiger partial charge in [-0.05, 0) is 32.9 Å². The predicted molar refractivity (Wildman–Crippen MR) is 69.3 cm³/mol. The average Bonchev–Trinajstić information content (AvgIpc) is 2.16. The molecule has 2 nitrogen and oxygen atoms in total. The van der Waals surface area contributed by atoms with E-state index in [0.717, 1.165) is 25.6 Å². The van der Waals surface area contributed by atoms with Crippen LogP contribution in [0.2, 0.25) is 0 Å². The quantitative estimate of drug-likeness (QED) is 0.668. The van der Waals surface area contributed by atoms with Crippen molar-refractivity contribution in [1.29, 1.82) is 0 Å². The number of nitrogens with one attached hydrogen (secondary N) is 1. The maximum Gasteiger partial charge on any atom is 0.0252 e. The van der Waals surface area contributed by atoms with E-state index in [1.54, 1.807) is 0 Å². The molecule has 0 saturated heterocycles. The van der Waals surface area contributed by atoms with Gasteiger partial charge in [-0.1, -0.05) is 34.1 Å². The first kappa shape index (κ1) is 14.9. The van der Waals surface area contributed by atoms with Crippen molar-refractivity contribution in [2.45, 2.75) is 53.5 Å². The highest BCUT2D eigenvalue weighted by molar-refractivity contribution is 4.81. The zero-order chi connectivity index (χ0) is 11.9. The van der Waals surface area contributed by atoms with Crippen LogP contribution in [-0.2, 0) is 0 Å². The first-order valence-corrected chi connectivity index (χ1v) is 6.42. The van der Waals surface area contributed by atoms with Gasteiger partial charge in [0.05, 0.1) is 0 Å². The topological polar surface area (TPSA) is 15.3 Å². The Kier molecular flexibility index (Phi) is 7.20. The second kappa shape index (κ2) is 7.24. The molecule has 2 heteroatoms. The Bertz CT molecular complexity index is 155. The molecule has 0 heterocycles. The first-order chi connectivity index (χ1) is 6.95. The molecule has 0 radical (unpaired) electrons. The molecule has 1 unspecified atom stereocenters. The summed E-state index contributed by atoms with van der Waals surface area (Å²) in [5, 5.41) is 3.54. The van der Waals surface area contributed by atoms with Gasteiger partial charge in [-0.2, -0.15) is 0 Å². The first-order valence-electron chi connectivity index (χ1n) is 6.42. The minimum Gasteiger partial charge on any atom is -0.311 e. The molecule has 92 valence electrons. The summed E-state index contributed by atoms with van der Waals surface area (Å²) in [5.74, 6) is 0.808. The lowest BCUT2D eigenvalue weighted by Gasteiger charge is -2.34. The summed E-state index contributed by atoms with van der Waals surface area (Å²) < 4.78 is 0. The second-order valence-electron chi connectivity index (χ2n) is 5.26. The third-order valence-corrected chi connectivity index (χ3v) is 2.99. The molecular formula is C13H30N2. The minimum absolute atomic E-state index is 0.234. The molecule has 15 heavy (non-hydrogen) atoms. The fraction of sp³-hybridized carbons (Fsp3) is 1.00. The molecule has 0 saturated carbocycles. The highest BCUT2D eigenvalue weighted by atomic mass is 15.2. The summed E-state index contributed by atoms with van der Waals surface area (Å²) in [6, 6.07) is 0. The van der Waals surface area contributed by atoms with Gasteiger partial charge in [-0.3, -0.25) is 0 Å². The van der Waals surface area contributed by atoms with Gasteiger partial charge in [0.2, 0.25) is 0 Å². The van der Waals surface area contributed by atoms with Crippen molar-refractivity contribution in [3.63, 3.8) is 0 Å². The number of likely N-dealkylation sites (N-methyl/N-ethyl adjacent to an activating group) is 2. The number of rotatable bonds is 8. The zero-order valence-corrected chi connectivity index (χ0v) is 11.6. The average molecular weight is 214 g/mol. The molecule has 0 spiro atoms. The van der Waals surface area contributed by atoms with E-state index in [0.29, 0.717) is 0 Å². The number of nitrogens with zero attached hydrogens (tertiary/aromatic N) is 1. The van der Waals surface area contributed by atoms with Crippen molar-refractivity contribution in [1.82, 2.24) is 10.2 Å². The van der Waals surface area contributed by atoms with E-state index in [1.165, 1.54) is 13.0 Å². The van der Waals surface area contributed by atoms with Gasteiger partial charge in [0, 0.05) is 18.6 Å². The van der Waals surface area contributed by atoms with Crippen LogP contribution in [0.25, 0.3) is 0 Å². The van der Waals surface area contributed by atoms with Crippen molar-refractivity contribution in [2.24, 2.45) is 5.92 Å². The zero-order valence-electron chi connectivity index (χ0n) is 11.6. The molecule has 0 aliphatic heterocycles. The Morgan fingerprint density at radius 1 is 1.20 bits per heavy atom. The van der Waals surface area contributed by atoms with Gasteiger partial charge < -0.3 is 10.2 Å². The molecule has 1 atom stereocenters. The molecule has 0 bridgehead atoms. The molecule has 0 aromatic rings. The summed E-state index contributed by atoms with van der Waals surface area (Å²) in [5.41, 5.74) is 0.234. The molecule has 0 aliphatic carbocycles. The van der Waals surface area contributed by atoms with Gasteiger partial charge in [-0.15, -0.1) is 0 Å². The largest absolute Gasteiger partial charge is 0.311 e. The van der Waals surface area contributed by atoms with Gasteiger partial charge in [-0.25, -0.2) is 0 Å². The number of hydrogen-bond acceptors (Lipinski definition) is 2. The molecule has 0 fully saturated rings. The third-order valence-electron chi connectivity index (χ3n) is 2.99. The predicted octanol–water partition coefficient (Wildman–Crippen LogP) is 2.74. The van der Waals surface area contributed by atoms with E-state index in [-0.39, 0.29) is 5.54 Å². The van der Waals surface area contributed by atoms with E-state index < -0.39 is 0 Å². The van der Waals surface area contributed by atoms with Crippen LogP contribution in [0.1, 0.15) is 48.0 Å². The van der Waals surface area contributed by atoms with Gasteiger partial charge in [0.25, 0.3) is 0 Å². The lowest BCUT2D eigenvalue weighted by molar-refractivity contribution is 0.186. The Labute approximate surface area is 96.4 Å². The van der Waals surface area contributed by atoms with Crippen molar-refractivity contribution in [2.75, 3.05) is 26.2 Å². The molecule has 0 rings (SSSR count). The van der Waals surface area contributed by atoms with Crippen molar-refractivity contribution in [3.05, 3.63) is 0 Å². The summed E-state index contributed by atoms with van der Waals surface area (Å²) in [6.45, 7) is 18.2. The Morgan fingerprint density at radius 2 is 1.80 bits per heavy atom. The van der Waals surface area contributed by atoms with Gasteiger partial charge >= 0.3 is 0 Å². The third kappa shape index (κ3) is 6.91. The molecular weight excluding hydrogens is 184 g/mol. The normalized spacial score (nSPS) is 14.6. The minimum atomic E-state index is 0.234. The van der Waals surface area contributed by atoms with Crippen LogP contribution in [0.15, 0.2) is 0 Å². The van der Waals surface area contributed by atoms with Crippen LogP contribution >= 0.6 is 0 Å². The van der Waals surface area contributed by atoms with Gasteiger partial charge in [0.15, 0.2) is 0 Å². The Balaban J connectivity index is 4.07. The van der Waals surface area contributed by atoms with Gasteiger partial charge in [0.1, 0.15) is 0 Å². The van der Waals surface area contributed by atoms with Crippen LogP contribution in [0, 0.1) is 5.92 Å². The highest BCUT2D eigenvalue weighted by Gasteiger charge is 2.20. The van der Waals surface area contributed by atoms with E-state index in [2.05, 4.69) is 51.8 Å². The molecule has 0 aromatic carbocycles. The van der Waals surface area contributed by atoms with E-state index in [9.17, 15) is 0 Å². The van der Waals surface area contributed by atoms with Crippen LogP contribution in [0.3, 0.4) is 0 Å². The fourth-order valence-electron chi connectivity index (χ4n) is 1.97. The van der Waals surface area contributed by atoms with Crippen molar-refractivity contribution >= 4 is 0 Å². The van der Waals surface area contributed by atoms with Crippen LogP contribution in [0.4, 0.5) is 0 Å². The standard InChI is InChI=1S/C13H30N2/c1-7-12(4)10-15(9-3)11-13(5,6)14-8-2/h12,14H,7-11H2,1-6H3. The Hall–Kier alpha value is -0.0800. The van der Waals surface area contributed by atoms with Crippen molar-refractivity contribution in [3.8, 4) is 0 Å². The SMILES string of the molecule is CCNC(C)(C)CN(CC)CC(C)CC. The molecule has 1 N–H and O–H groups in total. The lowest BCUT2D eigenvalue weighted by atomic mass is 10.0. The number of hydrogen-bond donors (Lipinski definition) is 1. The fourth-order valence-corrected chi connectivity index (χ4v) is 1.97. The van der Waals surface area contributed by atoms with Crippen molar-refractivity contribution < 1.29 is 0 Å².